The number of fused-ring (bicyclic) bond motifs is 4. The Labute approximate surface area is 276 Å². The van der Waals surface area contributed by atoms with E-state index >= 15 is 13.2 Å². The minimum Gasteiger partial charge on any atom is -0.461 e. The van der Waals surface area contributed by atoms with E-state index in [1.807, 2.05) is 6.92 Å². The van der Waals surface area contributed by atoms with Gasteiger partial charge in [-0.05, 0) is 55.7 Å². The van der Waals surface area contributed by atoms with Crippen LogP contribution in [0, 0.1) is 35.7 Å². The summed E-state index contributed by atoms with van der Waals surface area (Å²) >= 11 is 0. The molecule has 8 rings (SSSR count). The second kappa shape index (κ2) is 11.4. The Balaban J connectivity index is 1.38. The lowest BCUT2D eigenvalue weighted by Gasteiger charge is -2.43. The molecule has 3 N–H and O–H groups in total. The number of anilines is 2. The molecule has 3 saturated heterocycles. The summed E-state index contributed by atoms with van der Waals surface area (Å²) in [6.07, 6.45) is 7.94. The lowest BCUT2D eigenvalue weighted by Crippen LogP contribution is -2.58. The third-order valence-corrected chi connectivity index (χ3v) is 11.0. The van der Waals surface area contributed by atoms with Crippen LogP contribution >= 0.6 is 0 Å². The van der Waals surface area contributed by atoms with Gasteiger partial charge in [-0.15, -0.1) is 6.42 Å². The van der Waals surface area contributed by atoms with Crippen LogP contribution in [-0.2, 0) is 6.42 Å². The number of ether oxygens (including phenoxy) is 1. The molecule has 0 unspecified atom stereocenters. The molecular formula is C36H37F4N7O. The maximum atomic E-state index is 17.2. The van der Waals surface area contributed by atoms with Gasteiger partial charge in [0, 0.05) is 49.1 Å². The number of hydrogen-bond donors (Lipinski definition) is 2. The molecule has 4 aliphatic rings. The van der Waals surface area contributed by atoms with E-state index in [9.17, 15) is 4.39 Å². The summed E-state index contributed by atoms with van der Waals surface area (Å²) in [6.45, 7) is 6.63. The van der Waals surface area contributed by atoms with Crippen LogP contribution in [0.15, 0.2) is 18.2 Å². The van der Waals surface area contributed by atoms with Gasteiger partial charge >= 0.3 is 6.01 Å². The van der Waals surface area contributed by atoms with Gasteiger partial charge in [0.1, 0.15) is 41.6 Å². The number of benzene rings is 2. The van der Waals surface area contributed by atoms with Gasteiger partial charge in [-0.3, -0.25) is 4.90 Å². The fraction of sp³-hybridized carbons (Fsp3) is 0.472. The van der Waals surface area contributed by atoms with Crippen molar-refractivity contribution < 1.29 is 22.3 Å². The third-order valence-electron chi connectivity index (χ3n) is 11.0. The minimum atomic E-state index is -0.995. The van der Waals surface area contributed by atoms with Crippen LogP contribution in [-0.4, -0.2) is 76.4 Å². The first-order chi connectivity index (χ1) is 23.1. The standard InChI is InChI=1S/C36H37F4N7O/c1-4-21-16-47-25(14-42-21)18(3)11-23-28-33(44-35(45-34(28)47)48-17-36-9-6-10-46(36)15-20(37)13-36)31(40)29(30(23)39)32-27-19(12-26(41)43-32)7-8-24(38)22(27)5-2/h2,7-8,12,18,20-21,25,42H,4,6,9-11,13-17H2,1,3H3,(H2,41,43)/t18-,20+,21+,25+,36-/m0/s1. The second-order valence-electron chi connectivity index (χ2n) is 13.9. The van der Waals surface area contributed by atoms with E-state index < -0.39 is 34.7 Å². The van der Waals surface area contributed by atoms with Crippen molar-refractivity contribution in [2.75, 3.05) is 43.4 Å². The quantitative estimate of drug-likeness (QED) is 0.214. The van der Waals surface area contributed by atoms with Gasteiger partial charge in [0.25, 0.3) is 0 Å². The predicted molar refractivity (Wildman–Crippen MR) is 177 cm³/mol. The number of terminal acetylenes is 1. The maximum Gasteiger partial charge on any atom is 0.319 e. The number of piperazine rings is 1. The van der Waals surface area contributed by atoms with Crippen LogP contribution in [0.1, 0.15) is 50.7 Å². The van der Waals surface area contributed by atoms with E-state index in [0.717, 1.165) is 25.8 Å². The highest BCUT2D eigenvalue weighted by molar-refractivity contribution is 6.04. The first-order valence-corrected chi connectivity index (χ1v) is 16.7. The van der Waals surface area contributed by atoms with Crippen LogP contribution in [0.5, 0.6) is 6.01 Å². The number of pyridine rings is 1. The van der Waals surface area contributed by atoms with Crippen LogP contribution in [0.3, 0.4) is 0 Å². The number of alkyl halides is 1. The van der Waals surface area contributed by atoms with E-state index in [2.05, 4.69) is 37.9 Å². The highest BCUT2D eigenvalue weighted by atomic mass is 19.1. The maximum absolute atomic E-state index is 17.2. The van der Waals surface area contributed by atoms with Crippen molar-refractivity contribution >= 4 is 33.3 Å². The zero-order valence-corrected chi connectivity index (χ0v) is 26.9. The Bertz CT molecular complexity index is 2020. The number of aromatic nitrogens is 3. The fourth-order valence-electron chi connectivity index (χ4n) is 8.65. The molecule has 0 saturated carbocycles. The molecule has 3 fully saturated rings. The van der Waals surface area contributed by atoms with Gasteiger partial charge < -0.3 is 20.7 Å². The van der Waals surface area contributed by atoms with Crippen molar-refractivity contribution in [3.8, 4) is 29.6 Å². The van der Waals surface area contributed by atoms with Gasteiger partial charge in [0.15, 0.2) is 5.82 Å². The molecule has 0 radical (unpaired) electrons. The number of nitrogens with two attached hydrogens (primary N) is 1. The van der Waals surface area contributed by atoms with Gasteiger partial charge in [0.2, 0.25) is 0 Å². The van der Waals surface area contributed by atoms with E-state index in [-0.39, 0.29) is 76.0 Å². The van der Waals surface area contributed by atoms with E-state index in [1.165, 1.54) is 18.2 Å². The number of nitrogens with zero attached hydrogens (tertiary/aromatic N) is 5. The van der Waals surface area contributed by atoms with Gasteiger partial charge in [-0.2, -0.15) is 9.97 Å². The Morgan fingerprint density at radius 2 is 1.98 bits per heavy atom. The monoisotopic (exact) mass is 659 g/mol. The molecule has 4 aromatic rings. The first-order valence-electron chi connectivity index (χ1n) is 16.7. The third kappa shape index (κ3) is 4.69. The van der Waals surface area contributed by atoms with Gasteiger partial charge in [-0.1, -0.05) is 25.8 Å². The summed E-state index contributed by atoms with van der Waals surface area (Å²) in [4.78, 5) is 18.1. The van der Waals surface area contributed by atoms with Crippen molar-refractivity contribution in [1.29, 1.82) is 0 Å². The van der Waals surface area contributed by atoms with E-state index in [4.69, 9.17) is 21.9 Å². The fourth-order valence-corrected chi connectivity index (χ4v) is 8.65. The molecule has 0 amide bonds. The minimum absolute atomic E-state index is 0.00507. The average molecular weight is 660 g/mol. The molecule has 12 heteroatoms. The Morgan fingerprint density at radius 1 is 1.15 bits per heavy atom. The van der Waals surface area contributed by atoms with E-state index in [1.54, 1.807) is 0 Å². The Kier molecular flexibility index (Phi) is 7.41. The van der Waals surface area contributed by atoms with Crippen LogP contribution in [0.25, 0.3) is 32.9 Å². The smallest absolute Gasteiger partial charge is 0.319 e. The molecule has 0 bridgehead atoms. The highest BCUT2D eigenvalue weighted by Gasteiger charge is 2.49. The molecule has 0 spiro atoms. The molecule has 2 aromatic carbocycles. The number of nitrogen functional groups attached to an aromatic ring is 1. The number of rotatable bonds is 5. The molecule has 250 valence electrons. The molecule has 8 nitrogen and oxygen atoms in total. The summed E-state index contributed by atoms with van der Waals surface area (Å²) in [7, 11) is 0. The molecule has 2 aromatic heterocycles. The second-order valence-corrected chi connectivity index (χ2v) is 13.9. The summed E-state index contributed by atoms with van der Waals surface area (Å²) < 4.78 is 70.2. The Hall–Kier alpha value is -4.21. The van der Waals surface area contributed by atoms with Gasteiger partial charge in [-0.25, -0.2) is 22.5 Å². The SMILES string of the molecule is C#Cc1c(F)ccc2cc(N)nc(-c3c(F)c4c5c(nc(OC[C@@]67CCCN6C[C@H](F)C7)nc5c3F)N3C[C@@H](CC)NC[C@@H]3[C@@H](C)C4)c12. The number of halogens is 4. The number of hydrogen-bond acceptors (Lipinski definition) is 8. The van der Waals surface area contributed by atoms with Crippen molar-refractivity contribution in [2.24, 2.45) is 5.92 Å². The zero-order chi connectivity index (χ0) is 33.5. The average Bonchev–Trinajstić information content (AvgIpc) is 3.56. The summed E-state index contributed by atoms with van der Waals surface area (Å²) in [6, 6.07) is 4.15. The molecule has 6 heterocycles. The molecule has 4 aliphatic heterocycles. The lowest BCUT2D eigenvalue weighted by atomic mass is 9.89. The highest BCUT2D eigenvalue weighted by Crippen LogP contribution is 2.46. The zero-order valence-electron chi connectivity index (χ0n) is 26.9. The normalized spacial score (nSPS) is 26.8. The van der Waals surface area contributed by atoms with Crippen LogP contribution in [0.4, 0.5) is 29.2 Å². The molecule has 5 atom stereocenters. The van der Waals surface area contributed by atoms with Gasteiger partial charge in [0.05, 0.1) is 27.7 Å². The molecule has 48 heavy (non-hydrogen) atoms. The van der Waals surface area contributed by atoms with Crippen molar-refractivity contribution in [2.45, 2.75) is 69.7 Å². The molecule has 0 aliphatic carbocycles. The number of nitrogens with one attached hydrogen (secondary N) is 1. The van der Waals surface area contributed by atoms with Crippen molar-refractivity contribution in [3.63, 3.8) is 0 Å². The van der Waals surface area contributed by atoms with Crippen LogP contribution in [0.2, 0.25) is 0 Å². The summed E-state index contributed by atoms with van der Waals surface area (Å²) in [5, 5.41) is 4.35. The van der Waals surface area contributed by atoms with Crippen LogP contribution < -0.4 is 20.7 Å². The largest absolute Gasteiger partial charge is 0.461 e. The predicted octanol–water partition coefficient (Wildman–Crippen LogP) is 5.53. The Morgan fingerprint density at radius 3 is 2.77 bits per heavy atom. The van der Waals surface area contributed by atoms with Crippen molar-refractivity contribution in [3.05, 3.63) is 46.8 Å². The van der Waals surface area contributed by atoms with Crippen molar-refractivity contribution in [1.82, 2.24) is 25.2 Å². The van der Waals surface area contributed by atoms with E-state index in [0.29, 0.717) is 37.3 Å². The summed E-state index contributed by atoms with van der Waals surface area (Å²) in [5.41, 5.74) is 4.92. The first kappa shape index (κ1) is 31.1. The molecular weight excluding hydrogens is 622 g/mol. The lowest BCUT2D eigenvalue weighted by molar-refractivity contribution is 0.107. The summed E-state index contributed by atoms with van der Waals surface area (Å²) in [5.74, 6) is 0.115. The topological polar surface area (TPSA) is 92.4 Å².